The summed E-state index contributed by atoms with van der Waals surface area (Å²) in [4.78, 5) is 0. The molecule has 1 saturated carbocycles. The van der Waals surface area contributed by atoms with Gasteiger partial charge in [-0.15, -0.1) is 0 Å². The molecule has 84 valence electrons. The van der Waals surface area contributed by atoms with Crippen molar-refractivity contribution in [3.05, 3.63) is 18.0 Å². The van der Waals surface area contributed by atoms with Gasteiger partial charge in [-0.2, -0.15) is 5.10 Å². The summed E-state index contributed by atoms with van der Waals surface area (Å²) in [6, 6.07) is 0. The van der Waals surface area contributed by atoms with Crippen molar-refractivity contribution >= 4 is 0 Å². The maximum Gasteiger partial charge on any atom is 0.0524 e. The van der Waals surface area contributed by atoms with E-state index < -0.39 is 0 Å². The van der Waals surface area contributed by atoms with Crippen LogP contribution in [0.2, 0.25) is 0 Å². The minimum absolute atomic E-state index is 0.667. The van der Waals surface area contributed by atoms with Crippen LogP contribution in [0, 0.1) is 5.92 Å². The van der Waals surface area contributed by atoms with Crippen molar-refractivity contribution in [1.29, 1.82) is 0 Å². The summed E-state index contributed by atoms with van der Waals surface area (Å²) in [7, 11) is 0. The molecular weight excluding hydrogens is 186 g/mol. The standard InChI is InChI=1S/C12H21N3/c1-2-6-15-9-11(8-14-15)12-5-3-4-10(12)7-13/h8-10,12H,2-7,13H2,1H3. The van der Waals surface area contributed by atoms with Gasteiger partial charge < -0.3 is 5.73 Å². The highest BCUT2D eigenvalue weighted by molar-refractivity contribution is 5.14. The lowest BCUT2D eigenvalue weighted by molar-refractivity contribution is 0.495. The molecule has 3 nitrogen and oxygen atoms in total. The van der Waals surface area contributed by atoms with Crippen LogP contribution >= 0.6 is 0 Å². The second-order valence-electron chi connectivity index (χ2n) is 4.57. The van der Waals surface area contributed by atoms with Crippen molar-refractivity contribution in [3.8, 4) is 0 Å². The van der Waals surface area contributed by atoms with Crippen LogP contribution in [0.15, 0.2) is 12.4 Å². The van der Waals surface area contributed by atoms with Gasteiger partial charge in [-0.25, -0.2) is 0 Å². The maximum absolute atomic E-state index is 5.80. The summed E-state index contributed by atoms with van der Waals surface area (Å²) in [5.41, 5.74) is 7.20. The van der Waals surface area contributed by atoms with Gasteiger partial charge in [0.05, 0.1) is 6.20 Å². The van der Waals surface area contributed by atoms with Crippen molar-refractivity contribution in [2.45, 2.75) is 45.1 Å². The van der Waals surface area contributed by atoms with E-state index in [-0.39, 0.29) is 0 Å². The van der Waals surface area contributed by atoms with E-state index in [9.17, 15) is 0 Å². The van der Waals surface area contributed by atoms with E-state index in [0.29, 0.717) is 11.8 Å². The molecule has 1 aliphatic rings. The largest absolute Gasteiger partial charge is 0.330 e. The first-order valence-electron chi connectivity index (χ1n) is 6.07. The molecule has 1 aliphatic carbocycles. The normalized spacial score (nSPS) is 26.0. The van der Waals surface area contributed by atoms with Crippen molar-refractivity contribution in [2.24, 2.45) is 11.7 Å². The minimum Gasteiger partial charge on any atom is -0.330 e. The van der Waals surface area contributed by atoms with Gasteiger partial charge in [-0.1, -0.05) is 13.3 Å². The lowest BCUT2D eigenvalue weighted by Crippen LogP contribution is -2.16. The highest BCUT2D eigenvalue weighted by Gasteiger charge is 2.28. The van der Waals surface area contributed by atoms with E-state index in [4.69, 9.17) is 5.73 Å². The van der Waals surface area contributed by atoms with Crippen LogP contribution in [0.3, 0.4) is 0 Å². The van der Waals surface area contributed by atoms with Crippen LogP contribution in [0.5, 0.6) is 0 Å². The highest BCUT2D eigenvalue weighted by atomic mass is 15.3. The molecule has 1 fully saturated rings. The summed E-state index contributed by atoms with van der Waals surface area (Å²) in [6.45, 7) is 4.03. The van der Waals surface area contributed by atoms with E-state index in [1.165, 1.54) is 24.8 Å². The van der Waals surface area contributed by atoms with Crippen LogP contribution in [0.4, 0.5) is 0 Å². The fourth-order valence-corrected chi connectivity index (χ4v) is 2.68. The molecule has 2 N–H and O–H groups in total. The second-order valence-corrected chi connectivity index (χ2v) is 4.57. The third-order valence-electron chi connectivity index (χ3n) is 3.50. The van der Waals surface area contributed by atoms with E-state index in [1.54, 1.807) is 0 Å². The van der Waals surface area contributed by atoms with Crippen molar-refractivity contribution in [1.82, 2.24) is 9.78 Å². The molecule has 2 rings (SSSR count). The van der Waals surface area contributed by atoms with Gasteiger partial charge in [-0.3, -0.25) is 4.68 Å². The summed E-state index contributed by atoms with van der Waals surface area (Å²) < 4.78 is 2.06. The third-order valence-corrected chi connectivity index (χ3v) is 3.50. The van der Waals surface area contributed by atoms with E-state index in [1.807, 2.05) is 6.20 Å². The molecule has 2 unspecified atom stereocenters. The molecule has 2 atom stereocenters. The number of rotatable bonds is 4. The fourth-order valence-electron chi connectivity index (χ4n) is 2.68. The Labute approximate surface area is 91.7 Å². The summed E-state index contributed by atoms with van der Waals surface area (Å²) in [5, 5.41) is 4.40. The molecule has 1 aromatic heterocycles. The number of nitrogens with zero attached hydrogens (tertiary/aromatic N) is 2. The molecule has 15 heavy (non-hydrogen) atoms. The van der Waals surface area contributed by atoms with Gasteiger partial charge in [0.15, 0.2) is 0 Å². The maximum atomic E-state index is 5.80. The Bertz CT molecular complexity index is 306. The molecule has 0 amide bonds. The molecular formula is C12H21N3. The first-order chi connectivity index (χ1) is 7.35. The van der Waals surface area contributed by atoms with Gasteiger partial charge in [-0.05, 0) is 43.2 Å². The zero-order chi connectivity index (χ0) is 10.7. The van der Waals surface area contributed by atoms with E-state index >= 15 is 0 Å². The molecule has 0 aromatic carbocycles. The monoisotopic (exact) mass is 207 g/mol. The number of aromatic nitrogens is 2. The zero-order valence-electron chi connectivity index (χ0n) is 9.52. The van der Waals surface area contributed by atoms with Gasteiger partial charge in [0.2, 0.25) is 0 Å². The highest BCUT2D eigenvalue weighted by Crippen LogP contribution is 2.38. The Morgan fingerprint density at radius 1 is 1.53 bits per heavy atom. The number of hydrogen-bond acceptors (Lipinski definition) is 2. The number of hydrogen-bond donors (Lipinski definition) is 1. The van der Waals surface area contributed by atoms with Crippen molar-refractivity contribution in [2.75, 3.05) is 6.54 Å². The molecule has 0 radical (unpaired) electrons. The van der Waals surface area contributed by atoms with Crippen molar-refractivity contribution in [3.63, 3.8) is 0 Å². The number of aryl methyl sites for hydroxylation is 1. The van der Waals surface area contributed by atoms with Gasteiger partial charge >= 0.3 is 0 Å². The summed E-state index contributed by atoms with van der Waals surface area (Å²) in [6.07, 6.45) is 9.30. The predicted octanol–water partition coefficient (Wildman–Crippen LogP) is 2.14. The Balaban J connectivity index is 2.07. The van der Waals surface area contributed by atoms with Crippen LogP contribution in [0.25, 0.3) is 0 Å². The third kappa shape index (κ3) is 2.23. The Morgan fingerprint density at radius 3 is 3.13 bits per heavy atom. The molecule has 0 bridgehead atoms. The van der Waals surface area contributed by atoms with E-state index in [0.717, 1.165) is 19.5 Å². The number of nitrogens with two attached hydrogens (primary N) is 1. The van der Waals surface area contributed by atoms with Crippen LogP contribution < -0.4 is 5.73 Å². The Hall–Kier alpha value is -0.830. The fraction of sp³-hybridized carbons (Fsp3) is 0.750. The molecule has 0 spiro atoms. The van der Waals surface area contributed by atoms with Gasteiger partial charge in [0.25, 0.3) is 0 Å². The average Bonchev–Trinajstić information content (AvgIpc) is 2.84. The quantitative estimate of drug-likeness (QED) is 0.822. The van der Waals surface area contributed by atoms with Crippen molar-refractivity contribution < 1.29 is 0 Å². The smallest absolute Gasteiger partial charge is 0.0524 e. The lowest BCUT2D eigenvalue weighted by Gasteiger charge is -2.15. The van der Waals surface area contributed by atoms with E-state index in [2.05, 4.69) is 22.9 Å². The Kier molecular flexibility index (Phi) is 3.41. The topological polar surface area (TPSA) is 43.8 Å². The Morgan fingerprint density at radius 2 is 2.40 bits per heavy atom. The van der Waals surface area contributed by atoms with Gasteiger partial charge in [0.1, 0.15) is 0 Å². The van der Waals surface area contributed by atoms with Crippen LogP contribution in [-0.2, 0) is 6.54 Å². The average molecular weight is 207 g/mol. The first-order valence-corrected chi connectivity index (χ1v) is 6.07. The SMILES string of the molecule is CCCn1cc(C2CCCC2CN)cn1. The van der Waals surface area contributed by atoms with Crippen LogP contribution in [0.1, 0.15) is 44.1 Å². The van der Waals surface area contributed by atoms with Crippen LogP contribution in [-0.4, -0.2) is 16.3 Å². The molecule has 0 saturated heterocycles. The summed E-state index contributed by atoms with van der Waals surface area (Å²) in [5.74, 6) is 1.35. The minimum atomic E-state index is 0.667. The first kappa shape index (κ1) is 10.7. The molecule has 1 aromatic rings. The molecule has 0 aliphatic heterocycles. The predicted molar refractivity (Wildman–Crippen MR) is 61.7 cm³/mol. The molecule has 3 heteroatoms. The lowest BCUT2D eigenvalue weighted by atomic mass is 9.91. The zero-order valence-corrected chi connectivity index (χ0v) is 9.52. The summed E-state index contributed by atoms with van der Waals surface area (Å²) >= 11 is 0. The van der Waals surface area contributed by atoms with Gasteiger partial charge in [0, 0.05) is 12.7 Å². The molecule has 1 heterocycles. The second kappa shape index (κ2) is 4.79.